The number of rotatable bonds is 5. The van der Waals surface area contributed by atoms with E-state index in [2.05, 4.69) is 74.2 Å². The molecule has 4 aromatic carbocycles. The highest BCUT2D eigenvalue weighted by atomic mass is 28.3. The Labute approximate surface area is 173 Å². The van der Waals surface area contributed by atoms with E-state index in [1.165, 1.54) is 27.1 Å². The van der Waals surface area contributed by atoms with Crippen LogP contribution in [0.4, 0.5) is 0 Å². The van der Waals surface area contributed by atoms with Gasteiger partial charge in [-0.15, -0.1) is 0 Å². The Morgan fingerprint density at radius 1 is 0.793 bits per heavy atom. The highest BCUT2D eigenvalue weighted by Crippen LogP contribution is 2.29. The molecule has 4 rings (SSSR count). The van der Waals surface area contributed by atoms with Crippen LogP contribution in [-0.2, 0) is 6.04 Å². The zero-order valence-electron chi connectivity index (χ0n) is 17.3. The molecule has 0 aliphatic rings. The third-order valence-electron chi connectivity index (χ3n) is 5.19. The molecular formula is C27H26OSi. The van der Waals surface area contributed by atoms with E-state index in [1.807, 2.05) is 30.3 Å². The normalized spacial score (nSPS) is 12.1. The Bertz CT molecular complexity index is 1160. The third-order valence-corrected chi connectivity index (χ3v) is 6.66. The Kier molecular flexibility index (Phi) is 5.21. The number of ketones is 1. The Morgan fingerprint density at radius 3 is 1.90 bits per heavy atom. The number of hydrogen-bond donors (Lipinski definition) is 0. The lowest BCUT2D eigenvalue weighted by Crippen LogP contribution is -2.23. The first kappa shape index (κ1) is 19.3. The second-order valence-corrected chi connectivity index (χ2v) is 14.3. The van der Waals surface area contributed by atoms with Crippen molar-refractivity contribution in [1.82, 2.24) is 0 Å². The second kappa shape index (κ2) is 7.80. The summed E-state index contributed by atoms with van der Waals surface area (Å²) in [7, 11) is -1.15. The van der Waals surface area contributed by atoms with Gasteiger partial charge in [0.15, 0.2) is 5.78 Å². The van der Waals surface area contributed by atoms with Crippen LogP contribution in [0.5, 0.6) is 0 Å². The smallest absolute Gasteiger partial charge is 0.185 e. The minimum Gasteiger partial charge on any atom is -0.289 e. The average molecular weight is 395 g/mol. The predicted molar refractivity (Wildman–Crippen MR) is 128 cm³/mol. The largest absolute Gasteiger partial charge is 0.289 e. The molecule has 4 aromatic rings. The van der Waals surface area contributed by atoms with Gasteiger partial charge in [0.2, 0.25) is 0 Å². The Balaban J connectivity index is 1.68. The summed E-state index contributed by atoms with van der Waals surface area (Å²) >= 11 is 0. The zero-order chi connectivity index (χ0) is 20.4. The molecule has 1 nitrogen and oxygen atoms in total. The summed E-state index contributed by atoms with van der Waals surface area (Å²) in [6.07, 6.45) is 3.69. The molecule has 0 fully saturated rings. The van der Waals surface area contributed by atoms with Crippen molar-refractivity contribution in [3.05, 3.63) is 102 Å². The molecule has 0 atom stereocenters. The van der Waals surface area contributed by atoms with Crippen molar-refractivity contribution in [3.63, 3.8) is 0 Å². The predicted octanol–water partition coefficient (Wildman–Crippen LogP) is 7.31. The van der Waals surface area contributed by atoms with Crippen molar-refractivity contribution < 1.29 is 4.79 Å². The highest BCUT2D eigenvalue weighted by molar-refractivity contribution is 6.75. The van der Waals surface area contributed by atoms with Gasteiger partial charge in [-0.05, 0) is 51.4 Å². The molecule has 0 radical (unpaired) electrons. The van der Waals surface area contributed by atoms with Crippen molar-refractivity contribution in [2.24, 2.45) is 0 Å². The number of fused-ring (bicyclic) bond motifs is 2. The molecule has 29 heavy (non-hydrogen) atoms. The van der Waals surface area contributed by atoms with E-state index >= 15 is 0 Å². The van der Waals surface area contributed by atoms with Gasteiger partial charge in [-0.25, -0.2) is 0 Å². The van der Waals surface area contributed by atoms with Crippen LogP contribution >= 0.6 is 0 Å². The van der Waals surface area contributed by atoms with E-state index in [9.17, 15) is 4.79 Å². The summed E-state index contributed by atoms with van der Waals surface area (Å²) in [6.45, 7) is 7.09. The molecule has 0 saturated heterocycles. The van der Waals surface area contributed by atoms with Crippen LogP contribution in [-0.4, -0.2) is 13.9 Å². The molecule has 0 spiro atoms. The molecule has 0 heterocycles. The van der Waals surface area contributed by atoms with Gasteiger partial charge in [0.05, 0.1) is 0 Å². The fourth-order valence-corrected chi connectivity index (χ4v) is 5.34. The van der Waals surface area contributed by atoms with Gasteiger partial charge in [-0.1, -0.05) is 98.0 Å². The highest BCUT2D eigenvalue weighted by Gasteiger charge is 2.14. The van der Waals surface area contributed by atoms with Gasteiger partial charge < -0.3 is 0 Å². The maximum Gasteiger partial charge on any atom is 0.185 e. The Hall–Kier alpha value is -2.97. The molecule has 0 N–H and O–H groups in total. The number of carbonyl (C=O) groups is 1. The molecule has 0 aliphatic carbocycles. The molecule has 0 bridgehead atoms. The molecular weight excluding hydrogens is 368 g/mol. The van der Waals surface area contributed by atoms with Crippen LogP contribution in [0.25, 0.3) is 27.6 Å². The van der Waals surface area contributed by atoms with Crippen LogP contribution in [0, 0.1) is 0 Å². The van der Waals surface area contributed by atoms with Crippen molar-refractivity contribution in [2.45, 2.75) is 25.7 Å². The van der Waals surface area contributed by atoms with E-state index in [1.54, 1.807) is 6.08 Å². The summed E-state index contributed by atoms with van der Waals surface area (Å²) in [6, 6.07) is 28.2. The van der Waals surface area contributed by atoms with Gasteiger partial charge in [-0.3, -0.25) is 4.79 Å². The summed E-state index contributed by atoms with van der Waals surface area (Å²) in [5, 5.41) is 4.71. The fourth-order valence-electron chi connectivity index (χ4n) is 3.88. The van der Waals surface area contributed by atoms with Crippen LogP contribution in [0.2, 0.25) is 19.6 Å². The van der Waals surface area contributed by atoms with E-state index < -0.39 is 8.07 Å². The minimum absolute atomic E-state index is 0.0431. The maximum atomic E-state index is 12.8. The third kappa shape index (κ3) is 4.38. The first-order valence-corrected chi connectivity index (χ1v) is 13.8. The quantitative estimate of drug-likeness (QED) is 0.150. The van der Waals surface area contributed by atoms with Crippen LogP contribution in [0.3, 0.4) is 0 Å². The second-order valence-electron chi connectivity index (χ2n) is 8.86. The van der Waals surface area contributed by atoms with Crippen LogP contribution in [0.15, 0.2) is 84.9 Å². The maximum absolute atomic E-state index is 12.8. The van der Waals surface area contributed by atoms with E-state index in [0.717, 1.165) is 17.2 Å². The van der Waals surface area contributed by atoms with Crippen LogP contribution < -0.4 is 0 Å². The van der Waals surface area contributed by atoms with E-state index in [0.29, 0.717) is 0 Å². The summed E-state index contributed by atoms with van der Waals surface area (Å²) in [5.41, 5.74) is 3.16. The molecule has 0 amide bonds. The number of hydrogen-bond acceptors (Lipinski definition) is 1. The van der Waals surface area contributed by atoms with E-state index in [4.69, 9.17) is 0 Å². The van der Waals surface area contributed by atoms with Crippen molar-refractivity contribution in [1.29, 1.82) is 0 Å². The monoisotopic (exact) mass is 394 g/mol. The van der Waals surface area contributed by atoms with Crippen molar-refractivity contribution >= 4 is 41.5 Å². The number of benzene rings is 4. The number of carbonyl (C=O) groups excluding carboxylic acids is 1. The lowest BCUT2D eigenvalue weighted by Gasteiger charge is -2.15. The molecule has 0 aromatic heterocycles. The SMILES string of the molecule is C[Si](C)(C)Cc1ccc(C(=O)/C=C/c2c3ccccc3cc3ccccc23)cc1. The summed E-state index contributed by atoms with van der Waals surface area (Å²) in [4.78, 5) is 12.8. The molecule has 2 heteroatoms. The van der Waals surface area contributed by atoms with E-state index in [-0.39, 0.29) is 5.78 Å². The molecule has 0 unspecified atom stereocenters. The van der Waals surface area contributed by atoms with Gasteiger partial charge in [0, 0.05) is 13.6 Å². The van der Waals surface area contributed by atoms with Gasteiger partial charge in [-0.2, -0.15) is 0 Å². The lowest BCUT2D eigenvalue weighted by molar-refractivity contribution is 0.104. The first-order valence-electron chi connectivity index (χ1n) is 10.1. The topological polar surface area (TPSA) is 17.1 Å². The zero-order valence-corrected chi connectivity index (χ0v) is 18.3. The first-order chi connectivity index (χ1) is 13.9. The minimum atomic E-state index is -1.15. The average Bonchev–Trinajstić information content (AvgIpc) is 2.70. The van der Waals surface area contributed by atoms with Gasteiger partial charge in [0.25, 0.3) is 0 Å². The summed E-state index contributed by atoms with van der Waals surface area (Å²) in [5.74, 6) is 0.0431. The van der Waals surface area contributed by atoms with Crippen molar-refractivity contribution in [2.75, 3.05) is 0 Å². The molecule has 144 valence electrons. The summed E-state index contributed by atoms with van der Waals surface area (Å²) < 4.78 is 0. The van der Waals surface area contributed by atoms with Gasteiger partial charge in [0.1, 0.15) is 0 Å². The number of allylic oxidation sites excluding steroid dienone is 1. The van der Waals surface area contributed by atoms with Crippen LogP contribution in [0.1, 0.15) is 21.5 Å². The lowest BCUT2D eigenvalue weighted by atomic mass is 9.96. The molecule has 0 saturated carbocycles. The molecule has 0 aliphatic heterocycles. The van der Waals surface area contributed by atoms with Crippen molar-refractivity contribution in [3.8, 4) is 0 Å². The fraction of sp³-hybridized carbons (Fsp3) is 0.148. The van der Waals surface area contributed by atoms with Gasteiger partial charge >= 0.3 is 0 Å². The standard InChI is InChI=1S/C27H26OSi/c1-29(2,3)19-20-12-14-21(15-13-20)27(28)17-16-26-24-10-6-4-8-22(24)18-23-9-5-7-11-25(23)26/h4-18H,19H2,1-3H3/b17-16+. The Morgan fingerprint density at radius 2 is 1.34 bits per heavy atom.